The van der Waals surface area contributed by atoms with Gasteiger partial charge < -0.3 is 10.6 Å². The number of hydrogen-bond donors (Lipinski definition) is 2. The van der Waals surface area contributed by atoms with Crippen LogP contribution in [0.5, 0.6) is 0 Å². The lowest BCUT2D eigenvalue weighted by Gasteiger charge is -2.08. The van der Waals surface area contributed by atoms with Gasteiger partial charge in [0, 0.05) is 29.6 Å². The number of hydrogen-bond acceptors (Lipinski definition) is 5. The zero-order chi connectivity index (χ0) is 15.5. The molecule has 0 atom stereocenters. The van der Waals surface area contributed by atoms with Gasteiger partial charge in [-0.3, -0.25) is 14.9 Å². The molecule has 7 nitrogen and oxygen atoms in total. The number of carbonyl (C=O) groups is 1. The molecule has 3 rings (SSSR count). The minimum absolute atomic E-state index is 0.0427. The summed E-state index contributed by atoms with van der Waals surface area (Å²) in [7, 11) is 0. The van der Waals surface area contributed by atoms with Crippen molar-refractivity contribution in [3.8, 4) is 0 Å². The van der Waals surface area contributed by atoms with Crippen molar-refractivity contribution in [1.29, 1.82) is 0 Å². The third-order valence-corrected chi connectivity index (χ3v) is 3.35. The van der Waals surface area contributed by atoms with E-state index < -0.39 is 4.92 Å². The number of nitrogens with one attached hydrogen (secondary N) is 2. The number of amides is 1. The van der Waals surface area contributed by atoms with Crippen LogP contribution in [0.25, 0.3) is 0 Å². The van der Waals surface area contributed by atoms with Crippen molar-refractivity contribution >= 4 is 28.8 Å². The van der Waals surface area contributed by atoms with Crippen molar-refractivity contribution in [3.05, 3.63) is 52.7 Å². The molecular weight excluding hydrogens is 284 g/mol. The van der Waals surface area contributed by atoms with E-state index in [2.05, 4.69) is 15.6 Å². The third-order valence-electron chi connectivity index (χ3n) is 3.35. The minimum Gasteiger partial charge on any atom is -0.334 e. The van der Waals surface area contributed by atoms with Crippen LogP contribution in [0.3, 0.4) is 0 Å². The summed E-state index contributed by atoms with van der Waals surface area (Å²) in [6, 6.07) is 9.87. The Balaban J connectivity index is 1.71. The lowest BCUT2D eigenvalue weighted by atomic mass is 10.2. The number of nitro groups is 1. The summed E-state index contributed by atoms with van der Waals surface area (Å²) in [6.07, 6.45) is 3.39. The first-order valence-electron chi connectivity index (χ1n) is 6.91. The van der Waals surface area contributed by atoms with Gasteiger partial charge in [-0.2, -0.15) is 0 Å². The maximum Gasteiger partial charge on any atom is 0.311 e. The van der Waals surface area contributed by atoms with Gasteiger partial charge in [-0.15, -0.1) is 0 Å². The summed E-state index contributed by atoms with van der Waals surface area (Å²) in [4.78, 5) is 26.1. The van der Waals surface area contributed by atoms with Crippen LogP contribution >= 0.6 is 0 Å². The molecular formula is C15H14N4O3. The first-order chi connectivity index (χ1) is 10.6. The largest absolute Gasteiger partial charge is 0.334 e. The molecule has 0 aliphatic heterocycles. The number of carbonyl (C=O) groups excluding carboxylic acids is 1. The molecule has 1 amide bonds. The third kappa shape index (κ3) is 3.20. The molecule has 112 valence electrons. The zero-order valence-electron chi connectivity index (χ0n) is 11.7. The summed E-state index contributed by atoms with van der Waals surface area (Å²) in [6.45, 7) is 0. The fourth-order valence-electron chi connectivity index (χ4n) is 2.00. The molecule has 1 aromatic heterocycles. The maximum atomic E-state index is 11.7. The Morgan fingerprint density at radius 3 is 2.50 bits per heavy atom. The number of aromatic nitrogens is 1. The van der Waals surface area contributed by atoms with Gasteiger partial charge in [0.25, 0.3) is 0 Å². The summed E-state index contributed by atoms with van der Waals surface area (Å²) < 4.78 is 0. The molecule has 22 heavy (non-hydrogen) atoms. The Hall–Kier alpha value is -2.96. The van der Waals surface area contributed by atoms with E-state index in [0.717, 1.165) is 12.8 Å². The number of rotatable bonds is 5. The van der Waals surface area contributed by atoms with E-state index in [4.69, 9.17) is 0 Å². The van der Waals surface area contributed by atoms with Gasteiger partial charge in [0.15, 0.2) is 0 Å². The second-order valence-electron chi connectivity index (χ2n) is 5.09. The molecule has 2 N–H and O–H groups in total. The van der Waals surface area contributed by atoms with Crippen LogP contribution < -0.4 is 10.6 Å². The smallest absolute Gasteiger partial charge is 0.311 e. The Kier molecular flexibility index (Phi) is 3.69. The maximum absolute atomic E-state index is 11.7. The van der Waals surface area contributed by atoms with Crippen LogP contribution in [-0.4, -0.2) is 15.8 Å². The van der Waals surface area contributed by atoms with Crippen molar-refractivity contribution in [3.63, 3.8) is 0 Å². The second-order valence-corrected chi connectivity index (χ2v) is 5.09. The van der Waals surface area contributed by atoms with Crippen LogP contribution in [0.15, 0.2) is 42.6 Å². The molecule has 1 heterocycles. The molecule has 1 aliphatic rings. The van der Waals surface area contributed by atoms with Crippen molar-refractivity contribution in [1.82, 2.24) is 4.98 Å². The molecule has 2 aromatic rings. The average Bonchev–Trinajstić information content (AvgIpc) is 3.34. The van der Waals surface area contributed by atoms with Crippen LogP contribution in [0, 0.1) is 16.0 Å². The molecule has 1 fully saturated rings. The first-order valence-corrected chi connectivity index (χ1v) is 6.91. The average molecular weight is 298 g/mol. The molecule has 0 spiro atoms. The minimum atomic E-state index is -0.487. The van der Waals surface area contributed by atoms with Crippen LogP contribution in [0.1, 0.15) is 12.8 Å². The highest BCUT2D eigenvalue weighted by Crippen LogP contribution is 2.30. The highest BCUT2D eigenvalue weighted by Gasteiger charge is 2.29. The molecule has 1 saturated carbocycles. The standard InChI is InChI=1S/C15H14N4O3/c20-15(10-3-4-10)18-12-7-5-11(6-8-12)17-14-13(19(21)22)2-1-9-16-14/h1-2,5-10H,3-4H2,(H,16,17)(H,18,20). The van der Waals surface area contributed by atoms with Crippen molar-refractivity contribution in [2.45, 2.75) is 12.8 Å². The second kappa shape index (κ2) is 5.80. The molecule has 1 aliphatic carbocycles. The van der Waals surface area contributed by atoms with Crippen LogP contribution in [0.2, 0.25) is 0 Å². The molecule has 0 bridgehead atoms. The monoisotopic (exact) mass is 298 g/mol. The van der Waals surface area contributed by atoms with Crippen molar-refractivity contribution in [2.75, 3.05) is 10.6 Å². The number of pyridine rings is 1. The number of anilines is 3. The van der Waals surface area contributed by atoms with Crippen molar-refractivity contribution in [2.24, 2.45) is 5.92 Å². The van der Waals surface area contributed by atoms with E-state index >= 15 is 0 Å². The predicted octanol–water partition coefficient (Wildman–Crippen LogP) is 3.08. The molecule has 0 radical (unpaired) electrons. The van der Waals surface area contributed by atoms with E-state index in [0.29, 0.717) is 11.4 Å². The Labute approximate surface area is 126 Å². The van der Waals surface area contributed by atoms with Gasteiger partial charge in [0.2, 0.25) is 11.7 Å². The highest BCUT2D eigenvalue weighted by molar-refractivity contribution is 5.94. The van der Waals surface area contributed by atoms with Gasteiger partial charge in [0.1, 0.15) is 0 Å². The van der Waals surface area contributed by atoms with Crippen molar-refractivity contribution < 1.29 is 9.72 Å². The van der Waals surface area contributed by atoms with E-state index in [1.807, 2.05) is 0 Å². The Morgan fingerprint density at radius 2 is 1.86 bits per heavy atom. The van der Waals surface area contributed by atoms with Gasteiger partial charge in [-0.05, 0) is 43.2 Å². The highest BCUT2D eigenvalue weighted by atomic mass is 16.6. The summed E-state index contributed by atoms with van der Waals surface area (Å²) in [5.41, 5.74) is 1.28. The van der Waals surface area contributed by atoms with E-state index in [9.17, 15) is 14.9 Å². The molecule has 0 unspecified atom stereocenters. The summed E-state index contributed by atoms with van der Waals surface area (Å²) in [5, 5.41) is 16.7. The SMILES string of the molecule is O=C(Nc1ccc(Nc2ncccc2[N+](=O)[O-])cc1)C1CC1. The number of nitrogens with zero attached hydrogens (tertiary/aromatic N) is 2. The number of benzene rings is 1. The first kappa shape index (κ1) is 14.0. The van der Waals surface area contributed by atoms with E-state index in [1.165, 1.54) is 18.3 Å². The lowest BCUT2D eigenvalue weighted by Crippen LogP contribution is -2.13. The lowest BCUT2D eigenvalue weighted by molar-refractivity contribution is -0.384. The molecule has 1 aromatic carbocycles. The topological polar surface area (TPSA) is 97.2 Å². The Morgan fingerprint density at radius 1 is 1.18 bits per heavy atom. The van der Waals surface area contributed by atoms with E-state index in [-0.39, 0.29) is 23.3 Å². The summed E-state index contributed by atoms with van der Waals surface area (Å²) >= 11 is 0. The zero-order valence-corrected chi connectivity index (χ0v) is 11.7. The van der Waals surface area contributed by atoms with Gasteiger partial charge >= 0.3 is 5.69 Å². The fraction of sp³-hybridized carbons (Fsp3) is 0.200. The van der Waals surface area contributed by atoms with Crippen LogP contribution in [0.4, 0.5) is 22.9 Å². The summed E-state index contributed by atoms with van der Waals surface area (Å²) in [5.74, 6) is 0.373. The van der Waals surface area contributed by atoms with Gasteiger partial charge in [-0.25, -0.2) is 4.98 Å². The Bertz CT molecular complexity index is 711. The van der Waals surface area contributed by atoms with E-state index in [1.54, 1.807) is 24.3 Å². The normalized spacial score (nSPS) is 13.5. The fourth-order valence-corrected chi connectivity index (χ4v) is 2.00. The molecule has 7 heteroatoms. The van der Waals surface area contributed by atoms with Gasteiger partial charge in [0.05, 0.1) is 4.92 Å². The van der Waals surface area contributed by atoms with Gasteiger partial charge in [-0.1, -0.05) is 0 Å². The van der Waals surface area contributed by atoms with Crippen LogP contribution in [-0.2, 0) is 4.79 Å². The predicted molar refractivity (Wildman–Crippen MR) is 82.0 cm³/mol. The molecule has 0 saturated heterocycles. The quantitative estimate of drug-likeness (QED) is 0.653.